The van der Waals surface area contributed by atoms with Gasteiger partial charge in [-0.05, 0) is 22.8 Å². The zero-order valence-corrected chi connectivity index (χ0v) is 15.9. The van der Waals surface area contributed by atoms with Crippen molar-refractivity contribution < 1.29 is 9.59 Å². The zero-order chi connectivity index (χ0) is 19.5. The van der Waals surface area contributed by atoms with Gasteiger partial charge < -0.3 is 20.5 Å². The molecule has 3 N–H and O–H groups in total. The Labute approximate surface area is 162 Å². The lowest BCUT2D eigenvalue weighted by Crippen LogP contribution is -2.43. The number of nitrogens with one attached hydrogen (secondary N) is 3. The number of likely N-dealkylation sites (tertiary alicyclic amines) is 1. The highest BCUT2D eigenvalue weighted by atomic mass is 16.2. The van der Waals surface area contributed by atoms with Gasteiger partial charge in [-0.25, -0.2) is 0 Å². The number of para-hydroxylation sites is 2. The van der Waals surface area contributed by atoms with Crippen molar-refractivity contribution in [1.82, 2.24) is 15.2 Å². The van der Waals surface area contributed by atoms with Crippen molar-refractivity contribution in [3.05, 3.63) is 65.4 Å². The topological polar surface area (TPSA) is 77.2 Å². The fourth-order valence-electron chi connectivity index (χ4n) is 4.92. The van der Waals surface area contributed by atoms with Crippen molar-refractivity contribution in [2.24, 2.45) is 0 Å². The smallest absolute Gasteiger partial charge is 0.225 e. The van der Waals surface area contributed by atoms with Gasteiger partial charge in [0, 0.05) is 43.3 Å². The normalized spacial score (nSPS) is 22.9. The van der Waals surface area contributed by atoms with E-state index in [0.717, 1.165) is 33.3 Å². The summed E-state index contributed by atoms with van der Waals surface area (Å²) in [5, 5.41) is 7.27. The van der Waals surface area contributed by atoms with Crippen LogP contribution in [0.1, 0.15) is 23.1 Å². The van der Waals surface area contributed by atoms with Crippen molar-refractivity contribution in [3.63, 3.8) is 0 Å². The Morgan fingerprint density at radius 2 is 2.00 bits per heavy atom. The van der Waals surface area contributed by atoms with Crippen LogP contribution in [0.5, 0.6) is 0 Å². The number of aromatic nitrogens is 1. The SMILES string of the molecule is CNC(=O)Cc1c[nH]c2c([C@]34CC(=O)N(C)[C@H]3Nc3ccccc34)cccc12. The lowest BCUT2D eigenvalue weighted by molar-refractivity contribution is -0.127. The second-order valence-corrected chi connectivity index (χ2v) is 7.64. The third kappa shape index (κ3) is 2.08. The Morgan fingerprint density at radius 1 is 1.21 bits per heavy atom. The molecule has 1 fully saturated rings. The van der Waals surface area contributed by atoms with Gasteiger partial charge in [-0.3, -0.25) is 9.59 Å². The minimum absolute atomic E-state index is 0.0222. The van der Waals surface area contributed by atoms with Gasteiger partial charge in [0.05, 0.1) is 11.8 Å². The van der Waals surface area contributed by atoms with E-state index in [1.54, 1.807) is 7.05 Å². The van der Waals surface area contributed by atoms with E-state index in [4.69, 9.17) is 0 Å². The summed E-state index contributed by atoms with van der Waals surface area (Å²) in [5.41, 5.74) is 4.80. The molecule has 2 amide bonds. The number of benzene rings is 2. The second kappa shape index (κ2) is 5.86. The summed E-state index contributed by atoms with van der Waals surface area (Å²) in [4.78, 5) is 29.8. The summed E-state index contributed by atoms with van der Waals surface area (Å²) in [6, 6.07) is 14.4. The standard InChI is InChI=1S/C22H22N4O2/c1-23-18(27)10-13-12-24-20-14(13)6-5-8-16(20)22-11-19(28)26(2)21(22)25-17-9-4-3-7-15(17)22/h3-9,12,21,24-25H,10-11H2,1-2H3,(H,23,27)/t21-,22-/m1/s1. The van der Waals surface area contributed by atoms with E-state index in [0.29, 0.717) is 12.8 Å². The molecule has 0 aliphatic carbocycles. The number of fused-ring (bicyclic) bond motifs is 4. The van der Waals surface area contributed by atoms with Crippen LogP contribution >= 0.6 is 0 Å². The van der Waals surface area contributed by atoms with E-state index in [1.807, 2.05) is 42.4 Å². The van der Waals surface area contributed by atoms with Gasteiger partial charge >= 0.3 is 0 Å². The molecule has 0 spiro atoms. The van der Waals surface area contributed by atoms with Crippen LogP contribution in [-0.2, 0) is 21.4 Å². The number of likely N-dealkylation sites (N-methyl/N-ethyl adjacent to an activating group) is 2. The molecule has 0 radical (unpaired) electrons. The molecular formula is C22H22N4O2. The number of H-pyrrole nitrogens is 1. The molecule has 142 valence electrons. The highest BCUT2D eigenvalue weighted by Crippen LogP contribution is 2.54. The lowest BCUT2D eigenvalue weighted by atomic mass is 9.72. The maximum absolute atomic E-state index is 12.7. The number of hydrogen-bond donors (Lipinski definition) is 3. The number of amides is 2. The Balaban J connectivity index is 1.74. The van der Waals surface area contributed by atoms with Crippen LogP contribution in [0.3, 0.4) is 0 Å². The largest absolute Gasteiger partial charge is 0.364 e. The maximum atomic E-state index is 12.7. The average Bonchev–Trinajstić information content (AvgIpc) is 3.34. The fraction of sp³-hybridized carbons (Fsp3) is 0.273. The van der Waals surface area contributed by atoms with E-state index >= 15 is 0 Å². The van der Waals surface area contributed by atoms with Crippen molar-refractivity contribution >= 4 is 28.4 Å². The van der Waals surface area contributed by atoms with Crippen LogP contribution in [0, 0.1) is 0 Å². The Kier molecular flexibility index (Phi) is 3.53. The molecule has 0 unspecified atom stereocenters. The predicted octanol–water partition coefficient (Wildman–Crippen LogP) is 2.36. The molecule has 28 heavy (non-hydrogen) atoms. The van der Waals surface area contributed by atoms with Crippen molar-refractivity contribution in [3.8, 4) is 0 Å². The molecule has 5 rings (SSSR count). The van der Waals surface area contributed by atoms with Crippen LogP contribution in [-0.4, -0.2) is 42.0 Å². The predicted molar refractivity (Wildman–Crippen MR) is 108 cm³/mol. The Hall–Kier alpha value is -3.28. The molecule has 1 saturated heterocycles. The van der Waals surface area contributed by atoms with E-state index in [9.17, 15) is 9.59 Å². The molecule has 6 heteroatoms. The molecule has 0 saturated carbocycles. The van der Waals surface area contributed by atoms with Gasteiger partial charge in [-0.1, -0.05) is 36.4 Å². The lowest BCUT2D eigenvalue weighted by Gasteiger charge is -2.31. The van der Waals surface area contributed by atoms with Crippen molar-refractivity contribution in [2.45, 2.75) is 24.4 Å². The number of carbonyl (C=O) groups is 2. The number of hydrogen-bond acceptors (Lipinski definition) is 3. The zero-order valence-electron chi connectivity index (χ0n) is 15.9. The maximum Gasteiger partial charge on any atom is 0.225 e. The van der Waals surface area contributed by atoms with Crippen LogP contribution < -0.4 is 10.6 Å². The molecule has 2 aromatic carbocycles. The minimum atomic E-state index is -0.461. The molecular weight excluding hydrogens is 352 g/mol. The minimum Gasteiger partial charge on any atom is -0.364 e. The first-order valence-electron chi connectivity index (χ1n) is 9.48. The summed E-state index contributed by atoms with van der Waals surface area (Å²) >= 11 is 0. The van der Waals surface area contributed by atoms with Gasteiger partial charge in [0.1, 0.15) is 6.17 Å². The van der Waals surface area contributed by atoms with Crippen LogP contribution in [0.15, 0.2) is 48.7 Å². The number of anilines is 1. The van der Waals surface area contributed by atoms with E-state index in [1.165, 1.54) is 0 Å². The summed E-state index contributed by atoms with van der Waals surface area (Å²) in [7, 11) is 3.51. The van der Waals surface area contributed by atoms with E-state index < -0.39 is 5.41 Å². The van der Waals surface area contributed by atoms with E-state index in [-0.39, 0.29) is 18.0 Å². The molecule has 2 aliphatic rings. The summed E-state index contributed by atoms with van der Waals surface area (Å²) in [5.74, 6) is 0.104. The van der Waals surface area contributed by atoms with Gasteiger partial charge in [0.2, 0.25) is 11.8 Å². The Morgan fingerprint density at radius 3 is 2.82 bits per heavy atom. The van der Waals surface area contributed by atoms with Gasteiger partial charge in [0.25, 0.3) is 0 Å². The third-order valence-electron chi connectivity index (χ3n) is 6.29. The number of nitrogens with zero attached hydrogens (tertiary/aromatic N) is 1. The monoisotopic (exact) mass is 374 g/mol. The molecule has 2 aliphatic heterocycles. The van der Waals surface area contributed by atoms with Crippen molar-refractivity contribution in [2.75, 3.05) is 19.4 Å². The van der Waals surface area contributed by atoms with Gasteiger partial charge in [0.15, 0.2) is 0 Å². The van der Waals surface area contributed by atoms with Gasteiger partial charge in [-0.15, -0.1) is 0 Å². The first kappa shape index (κ1) is 16.9. The summed E-state index contributed by atoms with van der Waals surface area (Å²) < 4.78 is 0. The molecule has 1 aromatic heterocycles. The van der Waals surface area contributed by atoms with Crippen LogP contribution in [0.4, 0.5) is 5.69 Å². The van der Waals surface area contributed by atoms with Crippen LogP contribution in [0.25, 0.3) is 10.9 Å². The molecule has 3 aromatic rings. The number of aromatic amines is 1. The molecule has 3 heterocycles. The van der Waals surface area contributed by atoms with Gasteiger partial charge in [-0.2, -0.15) is 0 Å². The molecule has 0 bridgehead atoms. The van der Waals surface area contributed by atoms with E-state index in [2.05, 4.69) is 33.8 Å². The highest BCUT2D eigenvalue weighted by Gasteiger charge is 2.57. The van der Waals surface area contributed by atoms with Crippen LogP contribution in [0.2, 0.25) is 0 Å². The quantitative estimate of drug-likeness (QED) is 0.659. The average molecular weight is 374 g/mol. The summed E-state index contributed by atoms with van der Waals surface area (Å²) in [6.45, 7) is 0. The first-order valence-corrected chi connectivity index (χ1v) is 9.48. The molecule has 6 nitrogen and oxygen atoms in total. The van der Waals surface area contributed by atoms with Crippen molar-refractivity contribution in [1.29, 1.82) is 0 Å². The first-order chi connectivity index (χ1) is 13.6. The number of rotatable bonds is 3. The summed E-state index contributed by atoms with van der Waals surface area (Å²) in [6.07, 6.45) is 2.52. The fourth-order valence-corrected chi connectivity index (χ4v) is 4.92. The number of carbonyl (C=O) groups excluding carboxylic acids is 2. The second-order valence-electron chi connectivity index (χ2n) is 7.64. The third-order valence-corrected chi connectivity index (χ3v) is 6.29. The Bertz CT molecular complexity index is 1120. The highest BCUT2D eigenvalue weighted by molar-refractivity contribution is 5.95. The molecule has 2 atom stereocenters.